The average Bonchev–Trinajstić information content (AvgIpc) is 2.71. The molecule has 2 unspecified atom stereocenters. The van der Waals surface area contributed by atoms with Crippen molar-refractivity contribution in [3.05, 3.63) is 46.7 Å². The fourth-order valence-electron chi connectivity index (χ4n) is 2.53. The molecule has 23 heavy (non-hydrogen) atoms. The van der Waals surface area contributed by atoms with Crippen LogP contribution in [0.3, 0.4) is 0 Å². The Bertz CT molecular complexity index is 787. The van der Waals surface area contributed by atoms with E-state index in [1.54, 1.807) is 19.2 Å². The predicted molar refractivity (Wildman–Crippen MR) is 82.0 cm³/mol. The summed E-state index contributed by atoms with van der Waals surface area (Å²) in [5.41, 5.74) is 0. The number of nitrogens with zero attached hydrogens (tertiary/aromatic N) is 1. The van der Waals surface area contributed by atoms with Gasteiger partial charge >= 0.3 is 6.09 Å². The number of carbonyl (C=O) groups is 2. The maximum Gasteiger partial charge on any atom is 0.414 e. The molecule has 1 fully saturated rings. The van der Waals surface area contributed by atoms with Crippen molar-refractivity contribution in [2.75, 3.05) is 0 Å². The Labute approximate surface area is 132 Å². The maximum atomic E-state index is 11.9. The van der Waals surface area contributed by atoms with Crippen LogP contribution in [0.2, 0.25) is 0 Å². The van der Waals surface area contributed by atoms with E-state index in [2.05, 4.69) is 10.6 Å². The molecule has 0 spiro atoms. The summed E-state index contributed by atoms with van der Waals surface area (Å²) in [5.74, 6) is -0.291. The number of allylic oxidation sites excluding steroid dienone is 1. The Morgan fingerprint density at radius 3 is 2.78 bits per heavy atom. The van der Waals surface area contributed by atoms with Gasteiger partial charge in [-0.1, -0.05) is 24.3 Å². The third-order valence-corrected chi connectivity index (χ3v) is 3.79. The number of hydrogen-bond donors (Lipinski definition) is 3. The van der Waals surface area contributed by atoms with Crippen LogP contribution in [0.25, 0.3) is 12.3 Å². The second kappa shape index (κ2) is 6.13. The van der Waals surface area contributed by atoms with Gasteiger partial charge in [0, 0.05) is 6.20 Å². The minimum absolute atomic E-state index is 0.248. The quantitative estimate of drug-likeness (QED) is 0.655. The first kappa shape index (κ1) is 15.1. The molecule has 7 heteroatoms. The van der Waals surface area contributed by atoms with E-state index in [4.69, 9.17) is 4.74 Å². The van der Waals surface area contributed by atoms with Gasteiger partial charge in [0.1, 0.15) is 6.04 Å². The van der Waals surface area contributed by atoms with Gasteiger partial charge in [-0.3, -0.25) is 10.0 Å². The van der Waals surface area contributed by atoms with Crippen molar-refractivity contribution in [1.29, 1.82) is 0 Å². The Balaban J connectivity index is 1.64. The number of hydroxylamine groups is 2. The van der Waals surface area contributed by atoms with Crippen LogP contribution < -0.4 is 21.1 Å². The highest BCUT2D eigenvalue weighted by atomic mass is 16.6. The zero-order valence-electron chi connectivity index (χ0n) is 12.5. The molecule has 1 saturated heterocycles. The van der Waals surface area contributed by atoms with Gasteiger partial charge in [-0.2, -0.15) is 0 Å². The van der Waals surface area contributed by atoms with Crippen molar-refractivity contribution >= 4 is 24.3 Å². The molecule has 0 radical (unpaired) electrons. The summed E-state index contributed by atoms with van der Waals surface area (Å²) in [5, 5.41) is 17.4. The normalized spacial score (nSPS) is 22.8. The van der Waals surface area contributed by atoms with Crippen molar-refractivity contribution < 1.29 is 19.5 Å². The molecule has 0 saturated carbocycles. The number of nitrogens with one attached hydrogen (secondary N) is 2. The van der Waals surface area contributed by atoms with Gasteiger partial charge in [0.25, 0.3) is 5.91 Å². The minimum Gasteiger partial charge on any atom is -0.393 e. The van der Waals surface area contributed by atoms with E-state index in [1.165, 1.54) is 0 Å². The summed E-state index contributed by atoms with van der Waals surface area (Å²) >= 11 is 0. The maximum absolute atomic E-state index is 11.9. The molecule has 0 bridgehead atoms. The fourth-order valence-corrected chi connectivity index (χ4v) is 2.53. The van der Waals surface area contributed by atoms with Crippen LogP contribution in [0.1, 0.15) is 13.3 Å². The monoisotopic (exact) mass is 315 g/mol. The van der Waals surface area contributed by atoms with Gasteiger partial charge in [0.15, 0.2) is 0 Å². The van der Waals surface area contributed by atoms with E-state index in [0.717, 1.165) is 10.4 Å². The highest BCUT2D eigenvalue weighted by molar-refractivity contribution is 5.87. The molecule has 0 aliphatic carbocycles. The predicted octanol–water partition coefficient (Wildman–Crippen LogP) is -0.245. The number of hydrogen-bond acceptors (Lipinski definition) is 5. The summed E-state index contributed by atoms with van der Waals surface area (Å²) in [6.45, 7) is 1.70. The van der Waals surface area contributed by atoms with Gasteiger partial charge in [-0.25, -0.2) is 9.86 Å². The number of amides is 2. The highest BCUT2D eigenvalue weighted by Crippen LogP contribution is 2.16. The molecule has 2 amide bonds. The number of benzene rings is 1. The Hall–Kier alpha value is -2.80. The van der Waals surface area contributed by atoms with Crippen LogP contribution in [-0.2, 0) is 9.53 Å². The van der Waals surface area contributed by atoms with Crippen molar-refractivity contribution in [3.63, 3.8) is 0 Å². The van der Waals surface area contributed by atoms with Crippen LogP contribution in [0, 0.1) is 0 Å². The Kier molecular flexibility index (Phi) is 4.03. The van der Waals surface area contributed by atoms with Crippen molar-refractivity contribution in [2.24, 2.45) is 0 Å². The van der Waals surface area contributed by atoms with E-state index in [0.29, 0.717) is 11.5 Å². The molecule has 1 aromatic carbocycles. The smallest absolute Gasteiger partial charge is 0.393 e. The third kappa shape index (κ3) is 3.19. The van der Waals surface area contributed by atoms with Crippen LogP contribution >= 0.6 is 0 Å². The molecule has 2 aliphatic rings. The third-order valence-electron chi connectivity index (χ3n) is 3.79. The molecule has 3 N–H and O–H groups in total. The van der Waals surface area contributed by atoms with Gasteiger partial charge in [-0.15, -0.1) is 0 Å². The summed E-state index contributed by atoms with van der Waals surface area (Å²) < 4.78 is 5.17. The van der Waals surface area contributed by atoms with Crippen LogP contribution in [-0.4, -0.2) is 34.4 Å². The van der Waals surface area contributed by atoms with Crippen molar-refractivity contribution in [3.8, 4) is 0 Å². The van der Waals surface area contributed by atoms with E-state index >= 15 is 0 Å². The highest BCUT2D eigenvalue weighted by Gasteiger charge is 2.37. The molecule has 1 aromatic rings. The van der Waals surface area contributed by atoms with E-state index < -0.39 is 18.0 Å². The van der Waals surface area contributed by atoms with Gasteiger partial charge in [0.2, 0.25) is 5.88 Å². The average molecular weight is 315 g/mol. The summed E-state index contributed by atoms with van der Waals surface area (Å²) in [7, 11) is 0. The SMILES string of the molecule is CC1CC(NC(=O)OC2=CC=c3ccccc3=CN2)C(=O)N1O. The van der Waals surface area contributed by atoms with Crippen molar-refractivity contribution in [2.45, 2.75) is 25.4 Å². The second-order valence-corrected chi connectivity index (χ2v) is 5.47. The summed E-state index contributed by atoms with van der Waals surface area (Å²) in [6, 6.07) is 6.60. The van der Waals surface area contributed by atoms with E-state index in [1.807, 2.05) is 30.3 Å². The molecule has 2 atom stereocenters. The minimum atomic E-state index is -0.779. The lowest BCUT2D eigenvalue weighted by Gasteiger charge is -2.13. The number of ether oxygens (including phenoxy) is 1. The first-order chi connectivity index (χ1) is 11.0. The lowest BCUT2D eigenvalue weighted by molar-refractivity contribution is -0.164. The topological polar surface area (TPSA) is 90.9 Å². The molecule has 2 heterocycles. The van der Waals surface area contributed by atoms with Crippen LogP contribution in [0.15, 0.2) is 36.2 Å². The van der Waals surface area contributed by atoms with Crippen LogP contribution in [0.5, 0.6) is 0 Å². The zero-order chi connectivity index (χ0) is 16.4. The molecular formula is C16H17N3O4. The molecule has 120 valence electrons. The largest absolute Gasteiger partial charge is 0.414 e. The Morgan fingerprint density at radius 2 is 2.09 bits per heavy atom. The van der Waals surface area contributed by atoms with Gasteiger partial charge < -0.3 is 15.4 Å². The summed E-state index contributed by atoms with van der Waals surface area (Å²) in [6.07, 6.45) is 4.78. The lowest BCUT2D eigenvalue weighted by atomic mass is 10.2. The molecule has 3 rings (SSSR count). The molecule has 0 aromatic heterocycles. The first-order valence-electron chi connectivity index (χ1n) is 7.28. The second-order valence-electron chi connectivity index (χ2n) is 5.47. The van der Waals surface area contributed by atoms with Gasteiger partial charge in [-0.05, 0) is 35.9 Å². The number of rotatable bonds is 2. The lowest BCUT2D eigenvalue weighted by Crippen LogP contribution is -2.41. The molecule has 2 aliphatic heterocycles. The standard InChI is InChI=1S/C16H17N3O4/c1-10-8-13(15(20)19(10)22)18-16(21)23-14-7-6-11-4-2-3-5-12(11)9-17-14/h2-7,9-10,13,17,22H,8H2,1H3,(H,18,21). The summed E-state index contributed by atoms with van der Waals surface area (Å²) in [4.78, 5) is 23.6. The number of fused-ring (bicyclic) bond motifs is 1. The first-order valence-corrected chi connectivity index (χ1v) is 7.28. The number of carbonyl (C=O) groups excluding carboxylic acids is 2. The molecule has 7 nitrogen and oxygen atoms in total. The van der Waals surface area contributed by atoms with Crippen LogP contribution in [0.4, 0.5) is 4.79 Å². The van der Waals surface area contributed by atoms with E-state index in [9.17, 15) is 14.8 Å². The fraction of sp³-hybridized carbons (Fsp3) is 0.250. The van der Waals surface area contributed by atoms with Crippen molar-refractivity contribution in [1.82, 2.24) is 15.7 Å². The number of alkyl carbamates (subject to hydrolysis) is 1. The van der Waals surface area contributed by atoms with E-state index in [-0.39, 0.29) is 11.9 Å². The Morgan fingerprint density at radius 1 is 1.35 bits per heavy atom. The van der Waals surface area contributed by atoms with Gasteiger partial charge in [0.05, 0.1) is 6.04 Å². The molecular weight excluding hydrogens is 298 g/mol. The zero-order valence-corrected chi connectivity index (χ0v) is 12.5.